The quantitative estimate of drug-likeness (QED) is 0.938. The molecular formula is C12H11BrN2O2S. The van der Waals surface area contributed by atoms with Crippen LogP contribution in [0.2, 0.25) is 0 Å². The SMILES string of the molecule is O=S(=O)(NCc1ccccn1)c1ccccc1Br. The lowest BCUT2D eigenvalue weighted by Gasteiger charge is -2.07. The van der Waals surface area contributed by atoms with Gasteiger partial charge in [-0.2, -0.15) is 0 Å². The molecule has 1 aromatic carbocycles. The van der Waals surface area contributed by atoms with E-state index in [0.717, 1.165) is 0 Å². The monoisotopic (exact) mass is 326 g/mol. The summed E-state index contributed by atoms with van der Waals surface area (Å²) in [7, 11) is -3.53. The van der Waals surface area contributed by atoms with Gasteiger partial charge < -0.3 is 0 Å². The molecule has 1 N–H and O–H groups in total. The van der Waals surface area contributed by atoms with Crippen LogP contribution in [0.25, 0.3) is 0 Å². The Morgan fingerprint density at radius 3 is 2.50 bits per heavy atom. The van der Waals surface area contributed by atoms with Crippen LogP contribution >= 0.6 is 15.9 Å². The first kappa shape index (κ1) is 13.2. The molecule has 0 aliphatic rings. The highest BCUT2D eigenvalue weighted by Crippen LogP contribution is 2.20. The van der Waals surface area contributed by atoms with Crippen molar-refractivity contribution in [3.63, 3.8) is 0 Å². The van der Waals surface area contributed by atoms with Crippen LogP contribution in [-0.2, 0) is 16.6 Å². The Balaban J connectivity index is 2.16. The Labute approximate surface area is 114 Å². The number of pyridine rings is 1. The summed E-state index contributed by atoms with van der Waals surface area (Å²) in [5, 5.41) is 0. The van der Waals surface area contributed by atoms with Crippen molar-refractivity contribution in [2.45, 2.75) is 11.4 Å². The van der Waals surface area contributed by atoms with E-state index in [4.69, 9.17) is 0 Å². The molecule has 0 aliphatic carbocycles. The van der Waals surface area contributed by atoms with Crippen molar-refractivity contribution in [2.24, 2.45) is 0 Å². The van der Waals surface area contributed by atoms with Crippen molar-refractivity contribution in [3.05, 3.63) is 58.8 Å². The van der Waals surface area contributed by atoms with E-state index in [2.05, 4.69) is 25.6 Å². The summed E-state index contributed by atoms with van der Waals surface area (Å²) in [4.78, 5) is 4.28. The third-order valence-corrected chi connectivity index (χ3v) is 4.71. The lowest BCUT2D eigenvalue weighted by Crippen LogP contribution is -2.24. The van der Waals surface area contributed by atoms with Gasteiger partial charge in [0.1, 0.15) is 0 Å². The molecule has 0 saturated carbocycles. The molecule has 4 nitrogen and oxygen atoms in total. The molecule has 0 atom stereocenters. The Bertz CT molecular complexity index is 630. The maximum atomic E-state index is 12.1. The van der Waals surface area contributed by atoms with Gasteiger partial charge in [-0.15, -0.1) is 0 Å². The van der Waals surface area contributed by atoms with Gasteiger partial charge in [0.05, 0.1) is 17.1 Å². The second-order valence-corrected chi connectivity index (χ2v) is 6.17. The maximum absolute atomic E-state index is 12.1. The molecule has 0 amide bonds. The van der Waals surface area contributed by atoms with E-state index in [1.165, 1.54) is 0 Å². The molecule has 18 heavy (non-hydrogen) atoms. The summed E-state index contributed by atoms with van der Waals surface area (Å²) in [6, 6.07) is 12.0. The van der Waals surface area contributed by atoms with Crippen LogP contribution in [0.1, 0.15) is 5.69 Å². The van der Waals surface area contributed by atoms with Gasteiger partial charge in [-0.3, -0.25) is 4.98 Å². The van der Waals surface area contributed by atoms with Crippen LogP contribution in [0.5, 0.6) is 0 Å². The molecule has 0 fully saturated rings. The van der Waals surface area contributed by atoms with Gasteiger partial charge in [0.2, 0.25) is 10.0 Å². The van der Waals surface area contributed by atoms with E-state index in [9.17, 15) is 8.42 Å². The third kappa shape index (κ3) is 3.16. The minimum Gasteiger partial charge on any atom is -0.260 e. The van der Waals surface area contributed by atoms with Crippen LogP contribution in [0, 0.1) is 0 Å². The first-order valence-corrected chi connectivity index (χ1v) is 7.51. The Morgan fingerprint density at radius 1 is 1.11 bits per heavy atom. The van der Waals surface area contributed by atoms with E-state index < -0.39 is 10.0 Å². The molecule has 0 unspecified atom stereocenters. The number of rotatable bonds is 4. The summed E-state index contributed by atoms with van der Waals surface area (Å²) in [6.45, 7) is 0.171. The Hall–Kier alpha value is -1.24. The van der Waals surface area contributed by atoms with Gasteiger partial charge in [-0.1, -0.05) is 18.2 Å². The highest BCUT2D eigenvalue weighted by atomic mass is 79.9. The summed E-state index contributed by atoms with van der Waals surface area (Å²) >= 11 is 3.22. The van der Waals surface area contributed by atoms with Gasteiger partial charge >= 0.3 is 0 Å². The predicted molar refractivity (Wildman–Crippen MR) is 72.4 cm³/mol. The molecule has 6 heteroatoms. The molecule has 94 valence electrons. The first-order valence-electron chi connectivity index (χ1n) is 5.24. The summed E-state index contributed by atoms with van der Waals surface area (Å²) in [6.07, 6.45) is 1.63. The fourth-order valence-electron chi connectivity index (χ4n) is 1.41. The molecule has 0 saturated heterocycles. The van der Waals surface area contributed by atoms with E-state index >= 15 is 0 Å². The smallest absolute Gasteiger partial charge is 0.242 e. The molecule has 2 rings (SSSR count). The second kappa shape index (κ2) is 5.60. The van der Waals surface area contributed by atoms with E-state index in [1.54, 1.807) is 42.6 Å². The van der Waals surface area contributed by atoms with Crippen LogP contribution in [0.4, 0.5) is 0 Å². The number of sulfonamides is 1. The van der Waals surface area contributed by atoms with Crippen LogP contribution in [0.15, 0.2) is 58.0 Å². The van der Waals surface area contributed by atoms with Gasteiger partial charge in [0.25, 0.3) is 0 Å². The van der Waals surface area contributed by atoms with E-state index in [0.29, 0.717) is 10.2 Å². The van der Waals surface area contributed by atoms with Gasteiger partial charge in [-0.05, 0) is 40.2 Å². The van der Waals surface area contributed by atoms with Crippen molar-refractivity contribution < 1.29 is 8.42 Å². The molecule has 1 heterocycles. The van der Waals surface area contributed by atoms with Crippen molar-refractivity contribution in [1.82, 2.24) is 9.71 Å². The standard InChI is InChI=1S/C12H11BrN2O2S/c13-11-6-1-2-7-12(11)18(16,17)15-9-10-5-3-4-8-14-10/h1-8,15H,9H2. The van der Waals surface area contributed by atoms with E-state index in [1.807, 2.05) is 6.07 Å². The average molecular weight is 327 g/mol. The Morgan fingerprint density at radius 2 is 1.83 bits per heavy atom. The van der Waals surface area contributed by atoms with Gasteiger partial charge in [0, 0.05) is 10.7 Å². The number of aromatic nitrogens is 1. The number of nitrogens with one attached hydrogen (secondary N) is 1. The zero-order valence-electron chi connectivity index (χ0n) is 9.38. The average Bonchev–Trinajstić information content (AvgIpc) is 2.38. The van der Waals surface area contributed by atoms with Crippen LogP contribution in [0.3, 0.4) is 0 Å². The maximum Gasteiger partial charge on any atom is 0.242 e. The zero-order chi connectivity index (χ0) is 13.0. The van der Waals surface area contributed by atoms with Crippen molar-refractivity contribution in [1.29, 1.82) is 0 Å². The molecule has 1 aromatic heterocycles. The van der Waals surface area contributed by atoms with Crippen LogP contribution in [-0.4, -0.2) is 13.4 Å². The normalized spacial score (nSPS) is 11.4. The molecule has 0 spiro atoms. The predicted octanol–water partition coefficient (Wildman–Crippen LogP) is 2.32. The molecule has 0 bridgehead atoms. The lowest BCUT2D eigenvalue weighted by molar-refractivity contribution is 0.580. The highest BCUT2D eigenvalue weighted by Gasteiger charge is 2.16. The fraction of sp³-hybridized carbons (Fsp3) is 0.0833. The zero-order valence-corrected chi connectivity index (χ0v) is 11.8. The third-order valence-electron chi connectivity index (χ3n) is 2.30. The summed E-state index contributed by atoms with van der Waals surface area (Å²) < 4.78 is 27.2. The van der Waals surface area contributed by atoms with Gasteiger partial charge in [0.15, 0.2) is 0 Å². The number of halogens is 1. The highest BCUT2D eigenvalue weighted by molar-refractivity contribution is 9.10. The van der Waals surface area contributed by atoms with Crippen molar-refractivity contribution in [3.8, 4) is 0 Å². The number of hydrogen-bond donors (Lipinski definition) is 1. The topological polar surface area (TPSA) is 59.1 Å². The van der Waals surface area contributed by atoms with E-state index in [-0.39, 0.29) is 11.4 Å². The Kier molecular flexibility index (Phi) is 4.11. The number of benzene rings is 1. The number of nitrogens with zero attached hydrogens (tertiary/aromatic N) is 1. The van der Waals surface area contributed by atoms with Gasteiger partial charge in [-0.25, -0.2) is 13.1 Å². The van der Waals surface area contributed by atoms with Crippen LogP contribution < -0.4 is 4.72 Å². The first-order chi connectivity index (χ1) is 8.59. The number of hydrogen-bond acceptors (Lipinski definition) is 3. The minimum absolute atomic E-state index is 0.171. The molecule has 0 radical (unpaired) electrons. The molecular weight excluding hydrogens is 316 g/mol. The lowest BCUT2D eigenvalue weighted by atomic mass is 10.4. The second-order valence-electron chi connectivity index (χ2n) is 3.58. The minimum atomic E-state index is -3.53. The fourth-order valence-corrected chi connectivity index (χ4v) is 3.41. The summed E-state index contributed by atoms with van der Waals surface area (Å²) in [5.74, 6) is 0. The largest absolute Gasteiger partial charge is 0.260 e. The molecule has 2 aromatic rings. The molecule has 0 aliphatic heterocycles. The van der Waals surface area contributed by atoms with Crippen molar-refractivity contribution >= 4 is 26.0 Å². The summed E-state index contributed by atoms with van der Waals surface area (Å²) in [5.41, 5.74) is 0.674. The van der Waals surface area contributed by atoms with Crippen molar-refractivity contribution in [2.75, 3.05) is 0 Å².